The Morgan fingerprint density at radius 3 is 2.04 bits per heavy atom. The Morgan fingerprint density at radius 2 is 1.52 bits per heavy atom. The lowest BCUT2D eigenvalue weighted by atomic mass is 10.1. The van der Waals surface area contributed by atoms with Crippen molar-refractivity contribution < 1.29 is 14.7 Å². The highest BCUT2D eigenvalue weighted by Gasteiger charge is 2.21. The first kappa shape index (κ1) is 21.0. The van der Waals surface area contributed by atoms with Gasteiger partial charge in [-0.15, -0.1) is 23.2 Å². The molecule has 0 unspecified atom stereocenters. The van der Waals surface area contributed by atoms with Crippen LogP contribution in [-0.2, 0) is 0 Å². The monoisotopic (exact) mass is 425 g/mol. The fourth-order valence-electron chi connectivity index (χ4n) is 2.10. The first-order valence-electron chi connectivity index (χ1n) is 7.83. The number of benzene rings is 2. The molecule has 2 aromatic carbocycles. The third-order valence-corrected chi connectivity index (χ3v) is 4.25. The van der Waals surface area contributed by atoms with Gasteiger partial charge in [-0.2, -0.15) is 0 Å². The summed E-state index contributed by atoms with van der Waals surface area (Å²) in [6.45, 7) is 1.92. The number of carbonyl (C=O) groups is 2. The number of thiocarbonyl (C=S) groups is 1. The molecule has 0 saturated carbocycles. The number of carboxylic acids is 1. The van der Waals surface area contributed by atoms with Gasteiger partial charge >= 0.3 is 5.97 Å². The van der Waals surface area contributed by atoms with Crippen LogP contribution < -0.4 is 16.0 Å². The molecule has 0 aliphatic heterocycles. The van der Waals surface area contributed by atoms with Gasteiger partial charge in [-0.3, -0.25) is 4.79 Å². The van der Waals surface area contributed by atoms with Crippen molar-refractivity contribution in [2.45, 2.75) is 17.9 Å². The molecule has 0 bridgehead atoms. The molecule has 6 nitrogen and oxygen atoms in total. The summed E-state index contributed by atoms with van der Waals surface area (Å²) in [6.07, 6.45) is -0.833. The van der Waals surface area contributed by atoms with Gasteiger partial charge in [-0.1, -0.05) is 17.7 Å². The Bertz CT molecular complexity index is 827. The van der Waals surface area contributed by atoms with Crippen molar-refractivity contribution in [2.75, 3.05) is 5.32 Å². The van der Waals surface area contributed by atoms with E-state index in [1.165, 1.54) is 12.1 Å². The number of anilines is 1. The summed E-state index contributed by atoms with van der Waals surface area (Å²) in [7, 11) is 0. The number of aromatic carboxylic acids is 1. The molecule has 2 rings (SSSR count). The number of aryl methyl sites for hydroxylation is 1. The fourth-order valence-corrected chi connectivity index (χ4v) is 2.59. The van der Waals surface area contributed by atoms with Crippen molar-refractivity contribution in [3.8, 4) is 0 Å². The molecule has 0 heterocycles. The zero-order valence-corrected chi connectivity index (χ0v) is 16.5. The zero-order valence-electron chi connectivity index (χ0n) is 14.2. The molecule has 1 atom stereocenters. The Kier molecular flexibility index (Phi) is 7.41. The van der Waals surface area contributed by atoms with Crippen molar-refractivity contribution >= 4 is 58.1 Å². The topological polar surface area (TPSA) is 90.5 Å². The van der Waals surface area contributed by atoms with Crippen LogP contribution in [0.3, 0.4) is 0 Å². The lowest BCUT2D eigenvalue weighted by molar-refractivity contribution is 0.0696. The summed E-state index contributed by atoms with van der Waals surface area (Å²) in [4.78, 5) is 22.2. The van der Waals surface area contributed by atoms with Gasteiger partial charge in [0.2, 0.25) is 0 Å². The quantitative estimate of drug-likeness (QED) is 0.321. The van der Waals surface area contributed by atoms with Gasteiger partial charge in [-0.05, 0) is 55.5 Å². The highest BCUT2D eigenvalue weighted by Crippen LogP contribution is 2.11. The lowest BCUT2D eigenvalue weighted by Gasteiger charge is -2.23. The Balaban J connectivity index is 1.98. The first-order valence-corrected chi connectivity index (χ1v) is 9.11. The second-order valence-corrected chi connectivity index (χ2v) is 7.20. The standard InChI is InChI=1S/C18H17Cl2N3O3S/c1-10-2-4-11(5-3-10)16(24)22-15(14(19)20)23-18(27)21-13-8-6-12(7-9-13)17(25)26/h2-9,14-15H,1H3,(H,22,24)(H,25,26)(H2,21,23,27)/t15-/m1/s1. The molecule has 2 aromatic rings. The molecule has 9 heteroatoms. The third kappa shape index (κ3) is 6.39. The first-order chi connectivity index (χ1) is 12.8. The largest absolute Gasteiger partial charge is 0.478 e. The van der Waals surface area contributed by atoms with Crippen LogP contribution >= 0.6 is 35.4 Å². The molecule has 0 aliphatic carbocycles. The maximum Gasteiger partial charge on any atom is 0.335 e. The van der Waals surface area contributed by atoms with Crippen LogP contribution in [0.1, 0.15) is 26.3 Å². The molecule has 0 fully saturated rings. The smallest absolute Gasteiger partial charge is 0.335 e. The van der Waals surface area contributed by atoms with E-state index in [4.69, 9.17) is 40.5 Å². The average molecular weight is 426 g/mol. The van der Waals surface area contributed by atoms with E-state index in [2.05, 4.69) is 16.0 Å². The molecular formula is C18H17Cl2N3O3S. The second-order valence-electron chi connectivity index (χ2n) is 5.63. The van der Waals surface area contributed by atoms with E-state index in [0.717, 1.165) is 5.56 Å². The summed E-state index contributed by atoms with van der Waals surface area (Å²) >= 11 is 17.1. The molecule has 4 N–H and O–H groups in total. The summed E-state index contributed by atoms with van der Waals surface area (Å²) in [5.41, 5.74) is 2.23. The SMILES string of the molecule is Cc1ccc(C(=O)N[C@H](NC(=S)Nc2ccc(C(=O)O)cc2)C(Cl)Cl)cc1. The number of nitrogens with one attached hydrogen (secondary N) is 3. The average Bonchev–Trinajstić information content (AvgIpc) is 2.62. The molecule has 1 amide bonds. The summed E-state index contributed by atoms with van der Waals surface area (Å²) in [5.74, 6) is -1.37. The van der Waals surface area contributed by atoms with Crippen LogP contribution in [0.25, 0.3) is 0 Å². The van der Waals surface area contributed by atoms with Crippen LogP contribution in [0.2, 0.25) is 0 Å². The third-order valence-electron chi connectivity index (χ3n) is 3.53. The number of amides is 1. The van der Waals surface area contributed by atoms with Gasteiger partial charge in [0, 0.05) is 11.3 Å². The second kappa shape index (κ2) is 9.55. The van der Waals surface area contributed by atoms with Crippen LogP contribution in [0, 0.1) is 6.92 Å². The van der Waals surface area contributed by atoms with E-state index < -0.39 is 17.0 Å². The predicted molar refractivity (Wildman–Crippen MR) is 111 cm³/mol. The van der Waals surface area contributed by atoms with Gasteiger partial charge < -0.3 is 21.1 Å². The Morgan fingerprint density at radius 1 is 0.963 bits per heavy atom. The Labute approximate surface area is 171 Å². The van der Waals surface area contributed by atoms with Crippen molar-refractivity contribution in [1.82, 2.24) is 10.6 Å². The van der Waals surface area contributed by atoms with E-state index in [1.807, 2.05) is 19.1 Å². The number of halogens is 2. The maximum atomic E-state index is 12.3. The molecule has 0 radical (unpaired) electrons. The van der Waals surface area contributed by atoms with E-state index >= 15 is 0 Å². The molecule has 0 aromatic heterocycles. The predicted octanol–water partition coefficient (Wildman–Crippen LogP) is 3.54. The van der Waals surface area contributed by atoms with Crippen LogP contribution in [0.5, 0.6) is 0 Å². The van der Waals surface area contributed by atoms with Crippen molar-refractivity contribution in [3.05, 3.63) is 65.2 Å². The van der Waals surface area contributed by atoms with Crippen LogP contribution in [-0.4, -0.2) is 33.1 Å². The molecular weight excluding hydrogens is 409 g/mol. The van der Waals surface area contributed by atoms with Gasteiger partial charge in [0.15, 0.2) is 5.11 Å². The van der Waals surface area contributed by atoms with Gasteiger partial charge in [0.05, 0.1) is 5.56 Å². The summed E-state index contributed by atoms with van der Waals surface area (Å²) in [6, 6.07) is 13.0. The number of carboxylic acid groups (broad SMARTS) is 1. The van der Waals surface area contributed by atoms with Gasteiger partial charge in [0.25, 0.3) is 5.91 Å². The normalized spacial score (nSPS) is 11.6. The fraction of sp³-hybridized carbons (Fsp3) is 0.167. The van der Waals surface area contributed by atoms with E-state index in [0.29, 0.717) is 11.3 Å². The number of carbonyl (C=O) groups excluding carboxylic acids is 1. The minimum absolute atomic E-state index is 0.157. The van der Waals surface area contributed by atoms with Crippen molar-refractivity contribution in [3.63, 3.8) is 0 Å². The highest BCUT2D eigenvalue weighted by molar-refractivity contribution is 7.80. The molecule has 142 valence electrons. The Hall–Kier alpha value is -2.35. The van der Waals surface area contributed by atoms with E-state index in [9.17, 15) is 9.59 Å². The molecule has 0 aliphatic rings. The minimum Gasteiger partial charge on any atom is -0.478 e. The van der Waals surface area contributed by atoms with Crippen LogP contribution in [0.15, 0.2) is 48.5 Å². The number of hydrogen-bond donors (Lipinski definition) is 4. The number of rotatable bonds is 6. The van der Waals surface area contributed by atoms with E-state index in [1.54, 1.807) is 24.3 Å². The van der Waals surface area contributed by atoms with Crippen molar-refractivity contribution in [1.29, 1.82) is 0 Å². The molecule has 0 saturated heterocycles. The highest BCUT2D eigenvalue weighted by atomic mass is 35.5. The summed E-state index contributed by atoms with van der Waals surface area (Å²) in [5, 5.41) is 17.4. The van der Waals surface area contributed by atoms with Gasteiger partial charge in [-0.25, -0.2) is 4.79 Å². The molecule has 0 spiro atoms. The summed E-state index contributed by atoms with van der Waals surface area (Å²) < 4.78 is 0. The zero-order chi connectivity index (χ0) is 20.0. The minimum atomic E-state index is -1.02. The van der Waals surface area contributed by atoms with Gasteiger partial charge in [0.1, 0.15) is 11.0 Å². The lowest BCUT2D eigenvalue weighted by Crippen LogP contribution is -2.52. The van der Waals surface area contributed by atoms with Crippen LogP contribution in [0.4, 0.5) is 5.69 Å². The number of alkyl halides is 2. The number of hydrogen-bond acceptors (Lipinski definition) is 3. The van der Waals surface area contributed by atoms with Crippen molar-refractivity contribution in [2.24, 2.45) is 0 Å². The van der Waals surface area contributed by atoms with E-state index in [-0.39, 0.29) is 16.6 Å². The molecule has 27 heavy (non-hydrogen) atoms. The maximum absolute atomic E-state index is 12.3.